The third kappa shape index (κ3) is 5.12. The van der Waals surface area contributed by atoms with Crippen LogP contribution in [0.1, 0.15) is 48.2 Å². The van der Waals surface area contributed by atoms with Crippen LogP contribution in [0.4, 0.5) is 5.69 Å². The average molecular weight is 574 g/mol. The van der Waals surface area contributed by atoms with Crippen LogP contribution in [-0.2, 0) is 9.59 Å². The Bertz CT molecular complexity index is 1660. The number of benzene rings is 4. The fraction of sp³-hybridized carbons (Fsp3) is 0.167. The lowest BCUT2D eigenvalue weighted by atomic mass is 9.89. The van der Waals surface area contributed by atoms with Crippen molar-refractivity contribution in [2.45, 2.75) is 31.8 Å². The Morgan fingerprint density at radius 2 is 1.31 bits per heavy atom. The molecular weight excluding hydrogens is 542 g/mol. The van der Waals surface area contributed by atoms with Gasteiger partial charge in [-0.1, -0.05) is 96.5 Å². The minimum atomic E-state index is -0.527. The molecule has 1 atom stereocenters. The van der Waals surface area contributed by atoms with E-state index >= 15 is 0 Å². The average Bonchev–Trinajstić information content (AvgIpc) is 3.51. The number of nitrogens with zero attached hydrogens (tertiary/aromatic N) is 3. The third-order valence-corrected chi connectivity index (χ3v) is 8.15. The maximum atomic E-state index is 14.6. The predicted molar refractivity (Wildman–Crippen MR) is 168 cm³/mol. The summed E-state index contributed by atoms with van der Waals surface area (Å²) in [7, 11) is 0. The maximum Gasteiger partial charge on any atom is 0.247 e. The van der Waals surface area contributed by atoms with E-state index in [1.807, 2.05) is 146 Å². The first-order valence-electron chi connectivity index (χ1n) is 14.2. The van der Waals surface area contributed by atoms with Gasteiger partial charge in [-0.2, -0.15) is 0 Å². The van der Waals surface area contributed by atoms with Crippen LogP contribution in [0.25, 0.3) is 5.69 Å². The van der Waals surface area contributed by atoms with E-state index < -0.39 is 5.92 Å². The van der Waals surface area contributed by atoms with Gasteiger partial charge in [0.05, 0.1) is 23.0 Å². The summed E-state index contributed by atoms with van der Waals surface area (Å²) in [5.41, 5.74) is 5.42. The van der Waals surface area contributed by atoms with Crippen LogP contribution in [0.5, 0.6) is 0 Å². The van der Waals surface area contributed by atoms with Crippen LogP contribution < -0.4 is 4.90 Å². The molecule has 0 saturated heterocycles. The Labute approximate surface area is 251 Å². The van der Waals surface area contributed by atoms with Gasteiger partial charge in [-0.3, -0.25) is 14.5 Å². The molecule has 0 spiro atoms. The monoisotopic (exact) mass is 573 g/mol. The van der Waals surface area contributed by atoms with Gasteiger partial charge in [0.25, 0.3) is 0 Å². The number of aromatic nitrogens is 1. The number of amides is 2. The first-order chi connectivity index (χ1) is 20.4. The molecule has 0 aliphatic carbocycles. The summed E-state index contributed by atoms with van der Waals surface area (Å²) in [5, 5.41) is 0.632. The van der Waals surface area contributed by atoms with E-state index in [0.717, 1.165) is 33.8 Å². The van der Waals surface area contributed by atoms with E-state index in [9.17, 15) is 9.59 Å². The van der Waals surface area contributed by atoms with Crippen molar-refractivity contribution in [3.63, 3.8) is 0 Å². The van der Waals surface area contributed by atoms with Crippen LogP contribution >= 0.6 is 11.6 Å². The van der Waals surface area contributed by atoms with Gasteiger partial charge in [0.2, 0.25) is 11.8 Å². The zero-order chi connectivity index (χ0) is 29.2. The van der Waals surface area contributed by atoms with E-state index in [-0.39, 0.29) is 30.4 Å². The molecule has 5 nitrogen and oxygen atoms in total. The number of carbonyl (C=O) groups is 2. The van der Waals surface area contributed by atoms with Gasteiger partial charge in [-0.25, -0.2) is 0 Å². The highest BCUT2D eigenvalue weighted by atomic mass is 35.5. The fourth-order valence-electron chi connectivity index (χ4n) is 5.89. The topological polar surface area (TPSA) is 45.6 Å². The van der Waals surface area contributed by atoms with Crippen LogP contribution in [0, 0.1) is 0 Å². The number of anilines is 1. The number of para-hydroxylation sites is 2. The van der Waals surface area contributed by atoms with Gasteiger partial charge < -0.3 is 9.47 Å². The molecule has 0 fully saturated rings. The van der Waals surface area contributed by atoms with Crippen molar-refractivity contribution >= 4 is 29.1 Å². The van der Waals surface area contributed by atoms with E-state index in [4.69, 9.17) is 11.6 Å². The van der Waals surface area contributed by atoms with Crippen molar-refractivity contribution in [3.8, 4) is 5.69 Å². The molecule has 5 aromatic rings. The quantitative estimate of drug-likeness (QED) is 0.201. The summed E-state index contributed by atoms with van der Waals surface area (Å²) in [6, 6.07) is 38.5. The molecule has 1 aromatic heterocycles. The molecule has 0 saturated carbocycles. The van der Waals surface area contributed by atoms with E-state index in [0.29, 0.717) is 5.02 Å². The third-order valence-electron chi connectivity index (χ3n) is 7.90. The second-order valence-electron chi connectivity index (χ2n) is 10.8. The first kappa shape index (κ1) is 27.6. The number of hydrogen-bond acceptors (Lipinski definition) is 2. The summed E-state index contributed by atoms with van der Waals surface area (Å²) in [5.74, 6) is -0.787. The molecule has 210 valence electrons. The number of halogens is 1. The molecule has 1 unspecified atom stereocenters. The number of hydrogen-bond donors (Lipinski definition) is 0. The molecule has 2 heterocycles. The second-order valence-corrected chi connectivity index (χ2v) is 11.3. The highest BCUT2D eigenvalue weighted by Gasteiger charge is 2.38. The molecule has 0 N–H and O–H groups in total. The molecule has 6 rings (SSSR count). The molecule has 0 radical (unpaired) electrons. The lowest BCUT2D eigenvalue weighted by Crippen LogP contribution is -2.49. The molecule has 1 aliphatic rings. The molecule has 1 aliphatic heterocycles. The van der Waals surface area contributed by atoms with Gasteiger partial charge in [0.1, 0.15) is 12.6 Å². The number of carbonyl (C=O) groups excluding carboxylic acids is 2. The normalized spacial score (nSPS) is 14.0. The fourth-order valence-corrected chi connectivity index (χ4v) is 6.02. The summed E-state index contributed by atoms with van der Waals surface area (Å²) in [6.07, 6.45) is 2.02. The standard InChI is InChI=1S/C36H32ClN3O2/c1-25(2)39(36(42)34(26-12-5-3-6-13-26)27-14-7-4-8-15-27)24-33(41)40-31-17-10-9-16-30(31)38-23-11-18-32(38)35(40)28-19-21-29(37)22-20-28/h3-23,25,34-35H,24H2,1-2H3. The van der Waals surface area contributed by atoms with Crippen molar-refractivity contribution in [2.75, 3.05) is 11.4 Å². The minimum Gasteiger partial charge on any atom is -0.330 e. The molecule has 4 aromatic carbocycles. The Hall–Kier alpha value is -4.61. The zero-order valence-electron chi connectivity index (χ0n) is 23.6. The minimum absolute atomic E-state index is 0.0637. The lowest BCUT2D eigenvalue weighted by Gasteiger charge is -2.40. The summed E-state index contributed by atoms with van der Waals surface area (Å²) < 4.78 is 2.13. The number of rotatable bonds is 7. The van der Waals surface area contributed by atoms with Crippen molar-refractivity contribution in [1.82, 2.24) is 9.47 Å². The zero-order valence-corrected chi connectivity index (χ0v) is 24.4. The number of fused-ring (bicyclic) bond motifs is 3. The van der Waals surface area contributed by atoms with Gasteiger partial charge >= 0.3 is 0 Å². The summed E-state index contributed by atoms with van der Waals surface area (Å²) in [6.45, 7) is 3.86. The van der Waals surface area contributed by atoms with Crippen molar-refractivity contribution < 1.29 is 9.59 Å². The Balaban J connectivity index is 1.41. The lowest BCUT2D eigenvalue weighted by molar-refractivity contribution is -0.137. The largest absolute Gasteiger partial charge is 0.330 e. The van der Waals surface area contributed by atoms with Gasteiger partial charge in [0, 0.05) is 17.3 Å². The van der Waals surface area contributed by atoms with E-state index in [1.165, 1.54) is 0 Å². The highest BCUT2D eigenvalue weighted by molar-refractivity contribution is 6.30. The van der Waals surface area contributed by atoms with Crippen molar-refractivity contribution in [1.29, 1.82) is 0 Å². The molecule has 42 heavy (non-hydrogen) atoms. The van der Waals surface area contributed by atoms with Crippen LogP contribution in [0.15, 0.2) is 128 Å². The molecule has 0 bridgehead atoms. The summed E-state index contributed by atoms with van der Waals surface area (Å²) >= 11 is 6.25. The maximum absolute atomic E-state index is 14.6. The van der Waals surface area contributed by atoms with E-state index in [1.54, 1.807) is 4.90 Å². The van der Waals surface area contributed by atoms with E-state index in [2.05, 4.69) is 4.57 Å². The Morgan fingerprint density at radius 3 is 1.90 bits per heavy atom. The van der Waals surface area contributed by atoms with Crippen LogP contribution in [0.2, 0.25) is 5.02 Å². The SMILES string of the molecule is CC(C)N(CC(=O)N1c2ccccc2-n2cccc2C1c1ccc(Cl)cc1)C(=O)C(c1ccccc1)c1ccccc1. The van der Waals surface area contributed by atoms with Crippen LogP contribution in [0.3, 0.4) is 0 Å². The second kappa shape index (κ2) is 11.7. The highest BCUT2D eigenvalue weighted by Crippen LogP contribution is 2.42. The summed E-state index contributed by atoms with van der Waals surface area (Å²) in [4.78, 5) is 32.5. The molecule has 6 heteroatoms. The van der Waals surface area contributed by atoms with Gasteiger partial charge in [-0.15, -0.1) is 0 Å². The first-order valence-corrected chi connectivity index (χ1v) is 14.6. The van der Waals surface area contributed by atoms with Crippen LogP contribution in [-0.4, -0.2) is 33.9 Å². The predicted octanol–water partition coefficient (Wildman–Crippen LogP) is 7.64. The molecule has 2 amide bonds. The molecular formula is C36H32ClN3O2. The Kier molecular flexibility index (Phi) is 7.68. The van der Waals surface area contributed by atoms with Gasteiger partial charge in [-0.05, 0) is 66.9 Å². The van der Waals surface area contributed by atoms with Gasteiger partial charge in [0.15, 0.2) is 0 Å². The van der Waals surface area contributed by atoms with Crippen molar-refractivity contribution in [2.24, 2.45) is 0 Å². The van der Waals surface area contributed by atoms with Crippen molar-refractivity contribution in [3.05, 3.63) is 155 Å². The smallest absolute Gasteiger partial charge is 0.247 e. The Morgan fingerprint density at radius 1 is 0.738 bits per heavy atom.